The van der Waals surface area contributed by atoms with Gasteiger partial charge < -0.3 is 14.7 Å². The number of aliphatic imine (C=N–C) groups is 1. The lowest BCUT2D eigenvalue weighted by molar-refractivity contribution is 0.101. The van der Waals surface area contributed by atoms with Gasteiger partial charge in [0.05, 0.1) is 24.2 Å². The van der Waals surface area contributed by atoms with Crippen LogP contribution in [-0.4, -0.2) is 28.6 Å². The number of aryl methyl sites for hydroxylation is 1. The van der Waals surface area contributed by atoms with Gasteiger partial charge in [-0.1, -0.05) is 58.3 Å². The van der Waals surface area contributed by atoms with Gasteiger partial charge in [-0.05, 0) is 43.2 Å². The van der Waals surface area contributed by atoms with Crippen molar-refractivity contribution in [2.75, 3.05) is 7.11 Å². The van der Waals surface area contributed by atoms with Gasteiger partial charge >= 0.3 is 0 Å². The van der Waals surface area contributed by atoms with E-state index in [0.29, 0.717) is 11.5 Å². The maximum atomic E-state index is 11.6. The number of carbonyl (C=O) groups is 1. The number of ether oxygens (including phenoxy) is 1. The summed E-state index contributed by atoms with van der Waals surface area (Å²) in [5.41, 5.74) is 5.22. The van der Waals surface area contributed by atoms with E-state index in [1.54, 1.807) is 20.1 Å². The van der Waals surface area contributed by atoms with Crippen LogP contribution in [0.15, 0.2) is 46.8 Å². The molecule has 3 heterocycles. The molecule has 0 atom stereocenters. The molecule has 0 saturated heterocycles. The number of ketones is 1. The van der Waals surface area contributed by atoms with E-state index in [2.05, 4.69) is 29.0 Å². The number of methoxy groups -OCH3 is 1. The molecular formula is C27H37N3O2. The first-order valence-electron chi connectivity index (χ1n) is 12.1. The van der Waals surface area contributed by atoms with Crippen LogP contribution in [0.2, 0.25) is 0 Å². The SMILES string of the molecule is CCCCCCCCCCCc1ccc(C=C2N=C(c3ccc(C(C)=O)[nH]3)C=C2OC)[nH]1. The third-order valence-electron chi connectivity index (χ3n) is 5.93. The fourth-order valence-electron chi connectivity index (χ4n) is 4.03. The number of Topliss-reactive ketones (excluding diaryl/α,β-unsaturated/α-hetero) is 1. The molecule has 2 aromatic heterocycles. The second-order valence-electron chi connectivity index (χ2n) is 8.60. The average molecular weight is 436 g/mol. The van der Waals surface area contributed by atoms with Crippen molar-refractivity contribution in [3.63, 3.8) is 0 Å². The summed E-state index contributed by atoms with van der Waals surface area (Å²) < 4.78 is 5.53. The first-order valence-corrected chi connectivity index (χ1v) is 12.1. The Labute approximate surface area is 192 Å². The minimum atomic E-state index is 0.00689. The Morgan fingerprint density at radius 1 is 0.969 bits per heavy atom. The zero-order chi connectivity index (χ0) is 22.8. The van der Waals surface area contributed by atoms with Gasteiger partial charge in [0, 0.05) is 24.4 Å². The molecule has 0 fully saturated rings. The number of unbranched alkanes of at least 4 members (excludes halogenated alkanes) is 8. The summed E-state index contributed by atoms with van der Waals surface area (Å²) in [5, 5.41) is 0. The number of aromatic nitrogens is 2. The Morgan fingerprint density at radius 3 is 2.34 bits per heavy atom. The summed E-state index contributed by atoms with van der Waals surface area (Å²) >= 11 is 0. The minimum absolute atomic E-state index is 0.00689. The molecule has 0 spiro atoms. The third kappa shape index (κ3) is 6.84. The predicted molar refractivity (Wildman–Crippen MR) is 132 cm³/mol. The van der Waals surface area contributed by atoms with Crippen molar-refractivity contribution in [3.8, 4) is 0 Å². The van der Waals surface area contributed by atoms with Crippen molar-refractivity contribution in [2.45, 2.75) is 78.1 Å². The summed E-state index contributed by atoms with van der Waals surface area (Å²) in [6, 6.07) is 7.92. The number of aromatic amines is 2. The Balaban J connectivity index is 1.50. The normalized spacial score (nSPS) is 14.7. The number of carbonyl (C=O) groups excluding carboxylic acids is 1. The van der Waals surface area contributed by atoms with Crippen molar-refractivity contribution < 1.29 is 9.53 Å². The number of allylic oxidation sites excluding steroid dienone is 1. The lowest BCUT2D eigenvalue weighted by atomic mass is 10.1. The van der Waals surface area contributed by atoms with Gasteiger partial charge in [0.1, 0.15) is 11.5 Å². The molecule has 1 aliphatic heterocycles. The molecule has 5 nitrogen and oxygen atoms in total. The van der Waals surface area contributed by atoms with Crippen LogP contribution in [0.1, 0.15) is 99.2 Å². The molecule has 2 N–H and O–H groups in total. The number of hydrogen-bond donors (Lipinski definition) is 2. The van der Waals surface area contributed by atoms with Gasteiger partial charge in [0.25, 0.3) is 0 Å². The second-order valence-corrected chi connectivity index (χ2v) is 8.60. The maximum absolute atomic E-state index is 11.6. The molecule has 1 aliphatic rings. The highest BCUT2D eigenvalue weighted by Gasteiger charge is 2.18. The van der Waals surface area contributed by atoms with Crippen LogP contribution >= 0.6 is 0 Å². The summed E-state index contributed by atoms with van der Waals surface area (Å²) in [5.74, 6) is 0.724. The summed E-state index contributed by atoms with van der Waals surface area (Å²) in [6.07, 6.45) is 17.1. The summed E-state index contributed by atoms with van der Waals surface area (Å²) in [4.78, 5) is 22.9. The molecule has 0 amide bonds. The molecule has 2 aromatic rings. The first-order chi connectivity index (χ1) is 15.6. The molecule has 0 aliphatic carbocycles. The molecular weight excluding hydrogens is 398 g/mol. The molecule has 3 rings (SSSR count). The maximum Gasteiger partial charge on any atom is 0.175 e. The van der Waals surface area contributed by atoms with E-state index in [0.717, 1.165) is 29.2 Å². The third-order valence-corrected chi connectivity index (χ3v) is 5.93. The van der Waals surface area contributed by atoms with Crippen LogP contribution in [0.5, 0.6) is 0 Å². The number of rotatable bonds is 14. The molecule has 0 saturated carbocycles. The van der Waals surface area contributed by atoms with Gasteiger partial charge in [-0.15, -0.1) is 0 Å². The van der Waals surface area contributed by atoms with Crippen LogP contribution in [0.3, 0.4) is 0 Å². The van der Waals surface area contributed by atoms with E-state index >= 15 is 0 Å². The Bertz CT molecular complexity index is 975. The minimum Gasteiger partial charge on any atom is -0.494 e. The Kier molecular flexibility index (Phi) is 9.14. The van der Waals surface area contributed by atoms with Gasteiger partial charge in [-0.25, -0.2) is 4.99 Å². The Morgan fingerprint density at radius 2 is 1.69 bits per heavy atom. The zero-order valence-electron chi connectivity index (χ0n) is 19.8. The highest BCUT2D eigenvalue weighted by Crippen LogP contribution is 2.25. The number of nitrogens with one attached hydrogen (secondary N) is 2. The van der Waals surface area contributed by atoms with E-state index in [4.69, 9.17) is 9.73 Å². The van der Waals surface area contributed by atoms with E-state index in [1.165, 1.54) is 63.5 Å². The van der Waals surface area contributed by atoms with E-state index in [1.807, 2.05) is 18.2 Å². The topological polar surface area (TPSA) is 70.2 Å². The van der Waals surface area contributed by atoms with Gasteiger partial charge in [0.2, 0.25) is 0 Å². The zero-order valence-corrected chi connectivity index (χ0v) is 19.8. The first kappa shape index (κ1) is 23.8. The molecule has 0 bridgehead atoms. The second kappa shape index (κ2) is 12.3. The average Bonchev–Trinajstić information content (AvgIpc) is 3.52. The van der Waals surface area contributed by atoms with Crippen LogP contribution < -0.4 is 0 Å². The van der Waals surface area contributed by atoms with Crippen molar-refractivity contribution >= 4 is 17.6 Å². The van der Waals surface area contributed by atoms with Gasteiger partial charge in [0.15, 0.2) is 5.78 Å². The lowest BCUT2D eigenvalue weighted by Gasteiger charge is -2.02. The smallest absolute Gasteiger partial charge is 0.175 e. The molecule has 0 aromatic carbocycles. The Hall–Kier alpha value is -2.82. The standard InChI is InChI=1S/C27H37N3O2/c1-4-5-6-7-8-9-10-11-12-13-21-14-15-22(28-21)18-26-27(32-3)19-25(30-26)24-17-16-23(29-24)20(2)31/h14-19,28-29H,4-13H2,1-3H3. The fraction of sp³-hybridized carbons (Fsp3) is 0.481. The fourth-order valence-corrected chi connectivity index (χ4v) is 4.03. The van der Waals surface area contributed by atoms with Crippen molar-refractivity contribution in [2.24, 2.45) is 4.99 Å². The molecule has 0 radical (unpaired) electrons. The van der Waals surface area contributed by atoms with Crippen molar-refractivity contribution in [1.82, 2.24) is 9.97 Å². The molecule has 172 valence electrons. The highest BCUT2D eigenvalue weighted by molar-refractivity contribution is 6.11. The van der Waals surface area contributed by atoms with Crippen LogP contribution in [0.25, 0.3) is 6.08 Å². The van der Waals surface area contributed by atoms with E-state index < -0.39 is 0 Å². The van der Waals surface area contributed by atoms with Gasteiger partial charge in [-0.3, -0.25) is 4.79 Å². The summed E-state index contributed by atoms with van der Waals surface area (Å²) in [7, 11) is 1.65. The predicted octanol–water partition coefficient (Wildman–Crippen LogP) is 6.99. The van der Waals surface area contributed by atoms with Crippen LogP contribution in [0.4, 0.5) is 0 Å². The van der Waals surface area contributed by atoms with Crippen LogP contribution in [0, 0.1) is 0 Å². The number of nitrogens with zero attached hydrogens (tertiary/aromatic N) is 1. The summed E-state index contributed by atoms with van der Waals surface area (Å²) in [6.45, 7) is 3.81. The van der Waals surface area contributed by atoms with Crippen LogP contribution in [-0.2, 0) is 11.2 Å². The number of hydrogen-bond acceptors (Lipinski definition) is 3. The number of H-pyrrole nitrogens is 2. The quantitative estimate of drug-likeness (QED) is 0.248. The molecule has 32 heavy (non-hydrogen) atoms. The monoisotopic (exact) mass is 435 g/mol. The lowest BCUT2D eigenvalue weighted by Crippen LogP contribution is -1.97. The molecule has 5 heteroatoms. The molecule has 0 unspecified atom stereocenters. The van der Waals surface area contributed by atoms with E-state index in [9.17, 15) is 4.79 Å². The van der Waals surface area contributed by atoms with Gasteiger partial charge in [-0.2, -0.15) is 0 Å². The van der Waals surface area contributed by atoms with Crippen molar-refractivity contribution in [1.29, 1.82) is 0 Å². The van der Waals surface area contributed by atoms with E-state index in [-0.39, 0.29) is 5.78 Å². The largest absolute Gasteiger partial charge is 0.494 e. The van der Waals surface area contributed by atoms with Crippen molar-refractivity contribution in [3.05, 3.63) is 64.6 Å². The highest BCUT2D eigenvalue weighted by atomic mass is 16.5.